The van der Waals surface area contributed by atoms with Crippen LogP contribution in [0.1, 0.15) is 81.8 Å². The third-order valence-corrected chi connectivity index (χ3v) is 6.81. The molecule has 0 N–H and O–H groups in total. The smallest absolute Gasteiger partial charge is 0.126 e. The Balaban J connectivity index is 1.51. The molecule has 0 bridgehead atoms. The standard InChI is InChI=1S/C23H32ClF/c1-2-3-21-12-13-22(16-23(21)25)20-10-8-19(9-11-20)18-6-4-17(5-7-18)14-15-24/h12-20H,2-11H2,1H3/b15-14+/t17-,18-,19?,20?. The second kappa shape index (κ2) is 9.21. The maximum Gasteiger partial charge on any atom is 0.126 e. The van der Waals surface area contributed by atoms with Crippen LogP contribution in [0.4, 0.5) is 4.39 Å². The number of rotatable bonds is 5. The lowest BCUT2D eigenvalue weighted by Gasteiger charge is -2.37. The van der Waals surface area contributed by atoms with Crippen molar-refractivity contribution in [2.24, 2.45) is 17.8 Å². The maximum absolute atomic E-state index is 14.2. The number of hydrogen-bond acceptors (Lipinski definition) is 0. The highest BCUT2D eigenvalue weighted by Gasteiger charge is 2.30. The normalized spacial score (nSPS) is 30.7. The quantitative estimate of drug-likeness (QED) is 0.505. The molecule has 3 rings (SSSR count). The summed E-state index contributed by atoms with van der Waals surface area (Å²) in [6, 6.07) is 6.02. The van der Waals surface area contributed by atoms with Gasteiger partial charge >= 0.3 is 0 Å². The first-order valence-electron chi connectivity index (χ1n) is 10.3. The molecule has 138 valence electrons. The molecule has 0 heterocycles. The number of aryl methyl sites for hydroxylation is 1. The largest absolute Gasteiger partial charge is 0.207 e. The summed E-state index contributed by atoms with van der Waals surface area (Å²) in [7, 11) is 0. The van der Waals surface area contributed by atoms with E-state index in [0.717, 1.165) is 30.2 Å². The Kier molecular flexibility index (Phi) is 6.99. The van der Waals surface area contributed by atoms with Crippen molar-refractivity contribution in [3.63, 3.8) is 0 Å². The van der Waals surface area contributed by atoms with E-state index in [-0.39, 0.29) is 5.82 Å². The zero-order valence-corrected chi connectivity index (χ0v) is 16.3. The number of allylic oxidation sites excluding steroid dienone is 1. The first kappa shape index (κ1) is 19.0. The highest BCUT2D eigenvalue weighted by molar-refractivity contribution is 6.25. The van der Waals surface area contributed by atoms with Gasteiger partial charge in [-0.3, -0.25) is 0 Å². The zero-order valence-electron chi connectivity index (χ0n) is 15.5. The van der Waals surface area contributed by atoms with Crippen LogP contribution in [0.2, 0.25) is 0 Å². The van der Waals surface area contributed by atoms with E-state index in [2.05, 4.69) is 19.1 Å². The number of hydrogen-bond donors (Lipinski definition) is 0. The van der Waals surface area contributed by atoms with Crippen LogP contribution in [-0.4, -0.2) is 0 Å². The van der Waals surface area contributed by atoms with E-state index in [9.17, 15) is 4.39 Å². The fraction of sp³-hybridized carbons (Fsp3) is 0.652. The fourth-order valence-electron chi connectivity index (χ4n) is 5.13. The highest BCUT2D eigenvalue weighted by Crippen LogP contribution is 2.44. The fourth-order valence-corrected chi connectivity index (χ4v) is 5.33. The molecule has 2 aliphatic rings. The molecule has 2 heteroatoms. The summed E-state index contributed by atoms with van der Waals surface area (Å²) in [5, 5.41) is 0. The van der Waals surface area contributed by atoms with Crippen LogP contribution in [0.5, 0.6) is 0 Å². The van der Waals surface area contributed by atoms with Gasteiger partial charge in [-0.2, -0.15) is 0 Å². The molecule has 2 fully saturated rings. The van der Waals surface area contributed by atoms with Crippen molar-refractivity contribution < 1.29 is 4.39 Å². The molecule has 1 aromatic rings. The molecule has 2 aliphatic carbocycles. The molecule has 0 aliphatic heterocycles. The van der Waals surface area contributed by atoms with E-state index in [0.29, 0.717) is 11.8 Å². The molecular formula is C23H32ClF. The first-order chi connectivity index (χ1) is 12.2. The minimum atomic E-state index is 0.00661. The summed E-state index contributed by atoms with van der Waals surface area (Å²) in [6.45, 7) is 2.11. The van der Waals surface area contributed by atoms with Crippen LogP contribution in [0.25, 0.3) is 0 Å². The lowest BCUT2D eigenvalue weighted by Crippen LogP contribution is -2.25. The molecule has 0 nitrogen and oxygen atoms in total. The van der Waals surface area contributed by atoms with Gasteiger partial charge in [0.25, 0.3) is 0 Å². The van der Waals surface area contributed by atoms with E-state index < -0.39 is 0 Å². The average molecular weight is 363 g/mol. The van der Waals surface area contributed by atoms with Crippen LogP contribution in [-0.2, 0) is 6.42 Å². The Labute approximate surface area is 157 Å². The average Bonchev–Trinajstić information content (AvgIpc) is 2.65. The predicted molar refractivity (Wildman–Crippen MR) is 106 cm³/mol. The van der Waals surface area contributed by atoms with Crippen molar-refractivity contribution >= 4 is 11.6 Å². The molecule has 1 aromatic carbocycles. The molecule has 0 saturated heterocycles. The monoisotopic (exact) mass is 362 g/mol. The van der Waals surface area contributed by atoms with Crippen molar-refractivity contribution in [2.45, 2.75) is 77.0 Å². The molecule has 25 heavy (non-hydrogen) atoms. The molecule has 0 spiro atoms. The van der Waals surface area contributed by atoms with Gasteiger partial charge in [-0.1, -0.05) is 43.2 Å². The van der Waals surface area contributed by atoms with E-state index in [1.807, 2.05) is 12.1 Å². The Hall–Kier alpha value is -0.820. The maximum atomic E-state index is 14.2. The molecular weight excluding hydrogens is 331 g/mol. The van der Waals surface area contributed by atoms with Gasteiger partial charge in [0.2, 0.25) is 0 Å². The van der Waals surface area contributed by atoms with Crippen LogP contribution < -0.4 is 0 Å². The molecule has 0 atom stereocenters. The molecule has 0 radical (unpaired) electrons. The van der Waals surface area contributed by atoms with E-state index in [1.165, 1.54) is 56.9 Å². The van der Waals surface area contributed by atoms with E-state index in [4.69, 9.17) is 11.6 Å². The second-order valence-corrected chi connectivity index (χ2v) is 8.46. The van der Waals surface area contributed by atoms with Gasteiger partial charge in [0, 0.05) is 5.54 Å². The molecule has 0 amide bonds. The van der Waals surface area contributed by atoms with Crippen molar-refractivity contribution in [2.75, 3.05) is 0 Å². The Morgan fingerprint density at radius 2 is 1.64 bits per heavy atom. The van der Waals surface area contributed by atoms with Gasteiger partial charge in [0.15, 0.2) is 0 Å². The zero-order chi connectivity index (χ0) is 17.6. The molecule has 2 saturated carbocycles. The van der Waals surface area contributed by atoms with Gasteiger partial charge in [-0.15, -0.1) is 0 Å². The Bertz CT molecular complexity index is 563. The minimum Gasteiger partial charge on any atom is -0.207 e. The van der Waals surface area contributed by atoms with Gasteiger partial charge < -0.3 is 0 Å². The lowest BCUT2D eigenvalue weighted by atomic mass is 9.68. The molecule has 0 aromatic heterocycles. The van der Waals surface area contributed by atoms with E-state index >= 15 is 0 Å². The van der Waals surface area contributed by atoms with Crippen molar-refractivity contribution in [1.29, 1.82) is 0 Å². The van der Waals surface area contributed by atoms with Gasteiger partial charge in [-0.25, -0.2) is 4.39 Å². The third kappa shape index (κ3) is 4.88. The predicted octanol–water partition coefficient (Wildman–Crippen LogP) is 7.61. The van der Waals surface area contributed by atoms with Crippen molar-refractivity contribution in [3.05, 3.63) is 46.8 Å². The summed E-state index contributed by atoms with van der Waals surface area (Å²) < 4.78 is 14.2. The number of benzene rings is 1. The van der Waals surface area contributed by atoms with E-state index in [1.54, 1.807) is 5.54 Å². The summed E-state index contributed by atoms with van der Waals surface area (Å²) in [5.74, 6) is 3.07. The van der Waals surface area contributed by atoms with Crippen LogP contribution in [0, 0.1) is 23.6 Å². The summed E-state index contributed by atoms with van der Waals surface area (Å²) in [5.41, 5.74) is 3.80. The van der Waals surface area contributed by atoms with Gasteiger partial charge in [0.1, 0.15) is 5.82 Å². The lowest BCUT2D eigenvalue weighted by molar-refractivity contribution is 0.171. The Morgan fingerprint density at radius 3 is 2.20 bits per heavy atom. The van der Waals surface area contributed by atoms with Crippen molar-refractivity contribution in [3.8, 4) is 0 Å². The SMILES string of the molecule is CCCc1ccc(C2CCC([C@H]3CC[C@H](/C=C/Cl)CC3)CC2)cc1F. The topological polar surface area (TPSA) is 0 Å². The first-order valence-corrected chi connectivity index (χ1v) is 10.7. The second-order valence-electron chi connectivity index (χ2n) is 8.21. The van der Waals surface area contributed by atoms with Gasteiger partial charge in [0.05, 0.1) is 0 Å². The third-order valence-electron chi connectivity index (χ3n) is 6.67. The Morgan fingerprint density at radius 1 is 1.00 bits per heavy atom. The summed E-state index contributed by atoms with van der Waals surface area (Å²) in [4.78, 5) is 0. The highest BCUT2D eigenvalue weighted by atomic mass is 35.5. The summed E-state index contributed by atoms with van der Waals surface area (Å²) >= 11 is 5.73. The minimum absolute atomic E-state index is 0.00661. The number of halogens is 2. The van der Waals surface area contributed by atoms with Crippen molar-refractivity contribution in [1.82, 2.24) is 0 Å². The summed E-state index contributed by atoms with van der Waals surface area (Å²) in [6.07, 6.45) is 14.5. The van der Waals surface area contributed by atoms with Gasteiger partial charge in [-0.05, 0) is 98.7 Å². The van der Waals surface area contributed by atoms with Crippen LogP contribution >= 0.6 is 11.6 Å². The van der Waals surface area contributed by atoms with Crippen LogP contribution in [0.15, 0.2) is 29.8 Å². The molecule has 0 unspecified atom stereocenters. The van der Waals surface area contributed by atoms with Crippen LogP contribution in [0.3, 0.4) is 0 Å².